The molecule has 3 rings (SSSR count). The lowest BCUT2D eigenvalue weighted by molar-refractivity contribution is 0.309. The molecule has 0 amide bonds. The summed E-state index contributed by atoms with van der Waals surface area (Å²) in [6.45, 7) is 1.35. The first-order chi connectivity index (χ1) is 12.6. The third kappa shape index (κ3) is 7.32. The zero-order chi connectivity index (χ0) is 18.8. The molecule has 1 aromatic carbocycles. The van der Waals surface area contributed by atoms with Crippen LogP contribution in [0.3, 0.4) is 0 Å². The lowest BCUT2D eigenvalue weighted by Crippen LogP contribution is -2.16. The van der Waals surface area contributed by atoms with Crippen molar-refractivity contribution < 1.29 is 8.95 Å². The molecule has 3 N–H and O–H groups in total. The summed E-state index contributed by atoms with van der Waals surface area (Å²) in [4.78, 5) is 5.61. The van der Waals surface area contributed by atoms with Crippen molar-refractivity contribution in [1.82, 2.24) is 9.71 Å². The van der Waals surface area contributed by atoms with E-state index in [1.807, 2.05) is 0 Å². The highest BCUT2D eigenvalue weighted by atomic mass is 35.5. The van der Waals surface area contributed by atoms with E-state index in [-0.39, 0.29) is 0 Å². The van der Waals surface area contributed by atoms with Crippen molar-refractivity contribution >= 4 is 33.9 Å². The van der Waals surface area contributed by atoms with Crippen LogP contribution in [0.15, 0.2) is 35.4 Å². The molecule has 26 heavy (non-hydrogen) atoms. The smallest absolute Gasteiger partial charge is 0.183 e. The number of nitrogens with two attached hydrogens (primary N) is 1. The van der Waals surface area contributed by atoms with Crippen molar-refractivity contribution in [3.8, 4) is 5.75 Å². The quantitative estimate of drug-likeness (QED) is 0.743. The zero-order valence-electron chi connectivity index (χ0n) is 14.9. The predicted octanol–water partition coefficient (Wildman–Crippen LogP) is 4.14. The van der Waals surface area contributed by atoms with E-state index in [9.17, 15) is 4.21 Å². The SMILES string of the molecule is CNS(=O)c1ccc(OCc2cnc(Cl)s2)cc1.NCC1CCCCC1. The fraction of sp³-hybridized carbons (Fsp3) is 0.500. The van der Waals surface area contributed by atoms with Gasteiger partial charge >= 0.3 is 0 Å². The number of rotatable bonds is 6. The van der Waals surface area contributed by atoms with Gasteiger partial charge in [0, 0.05) is 6.20 Å². The Morgan fingerprint density at radius 1 is 1.31 bits per heavy atom. The molecule has 1 saturated carbocycles. The lowest BCUT2D eigenvalue weighted by atomic mass is 9.90. The van der Waals surface area contributed by atoms with Gasteiger partial charge in [-0.3, -0.25) is 0 Å². The Balaban J connectivity index is 0.000000254. The van der Waals surface area contributed by atoms with Gasteiger partial charge in [-0.25, -0.2) is 13.9 Å². The number of nitrogens with one attached hydrogen (secondary N) is 1. The van der Waals surface area contributed by atoms with E-state index < -0.39 is 11.0 Å². The third-order valence-corrected chi connectivity index (χ3v) is 6.35. The van der Waals surface area contributed by atoms with Crippen molar-refractivity contribution in [3.05, 3.63) is 39.8 Å². The van der Waals surface area contributed by atoms with Crippen LogP contribution in [0.25, 0.3) is 0 Å². The lowest BCUT2D eigenvalue weighted by Gasteiger charge is -2.18. The van der Waals surface area contributed by atoms with Crippen LogP contribution in [0.4, 0.5) is 0 Å². The summed E-state index contributed by atoms with van der Waals surface area (Å²) in [6.07, 6.45) is 8.74. The summed E-state index contributed by atoms with van der Waals surface area (Å²) < 4.78 is 20.2. The summed E-state index contributed by atoms with van der Waals surface area (Å²) >= 11 is 7.11. The second-order valence-corrected chi connectivity index (χ2v) is 9.17. The highest BCUT2D eigenvalue weighted by molar-refractivity contribution is 7.83. The number of thiazole rings is 1. The average molecular weight is 416 g/mol. The van der Waals surface area contributed by atoms with Crippen LogP contribution in [0, 0.1) is 5.92 Å². The molecular formula is C18H26ClN3O2S2. The van der Waals surface area contributed by atoms with Gasteiger partial charge in [0.25, 0.3) is 0 Å². The van der Waals surface area contributed by atoms with E-state index in [4.69, 9.17) is 22.1 Å². The van der Waals surface area contributed by atoms with Gasteiger partial charge in [0.05, 0.1) is 9.77 Å². The molecule has 5 nitrogen and oxygen atoms in total. The Kier molecular flexibility index (Phi) is 9.56. The molecule has 0 aliphatic heterocycles. The van der Waals surface area contributed by atoms with Crippen LogP contribution in [0.1, 0.15) is 37.0 Å². The number of nitrogens with zero attached hydrogens (tertiary/aromatic N) is 1. The van der Waals surface area contributed by atoms with Crippen molar-refractivity contribution in [3.63, 3.8) is 0 Å². The molecular weight excluding hydrogens is 390 g/mol. The Bertz CT molecular complexity index is 673. The largest absolute Gasteiger partial charge is 0.488 e. The summed E-state index contributed by atoms with van der Waals surface area (Å²) in [5, 5.41) is 0. The summed E-state index contributed by atoms with van der Waals surface area (Å²) in [5.74, 6) is 1.58. The average Bonchev–Trinajstić information content (AvgIpc) is 3.12. The maximum Gasteiger partial charge on any atom is 0.183 e. The van der Waals surface area contributed by atoms with Crippen LogP contribution in [0.2, 0.25) is 4.47 Å². The Hall–Kier alpha value is -0.990. The minimum absolute atomic E-state index is 0.429. The molecule has 144 valence electrons. The highest BCUT2D eigenvalue weighted by Crippen LogP contribution is 2.22. The van der Waals surface area contributed by atoms with E-state index in [2.05, 4.69) is 9.71 Å². The second kappa shape index (κ2) is 11.7. The molecule has 1 atom stereocenters. The van der Waals surface area contributed by atoms with E-state index in [1.165, 1.54) is 43.4 Å². The molecule has 1 aromatic heterocycles. The molecule has 1 fully saturated rings. The molecule has 0 spiro atoms. The summed E-state index contributed by atoms with van der Waals surface area (Å²) in [7, 11) is 0.481. The maximum absolute atomic E-state index is 11.4. The zero-order valence-corrected chi connectivity index (χ0v) is 17.3. The van der Waals surface area contributed by atoms with Gasteiger partial charge in [-0.15, -0.1) is 11.3 Å². The van der Waals surface area contributed by atoms with E-state index in [0.717, 1.165) is 23.1 Å². The molecule has 8 heteroatoms. The highest BCUT2D eigenvalue weighted by Gasteiger charge is 2.10. The number of halogens is 1. The topological polar surface area (TPSA) is 77.2 Å². The first-order valence-corrected chi connectivity index (χ1v) is 11.1. The number of ether oxygens (including phenoxy) is 1. The fourth-order valence-electron chi connectivity index (χ4n) is 2.70. The molecule has 1 aliphatic carbocycles. The molecule has 0 saturated heterocycles. The minimum Gasteiger partial charge on any atom is -0.488 e. The first-order valence-electron chi connectivity index (χ1n) is 8.74. The van der Waals surface area contributed by atoms with Crippen LogP contribution >= 0.6 is 22.9 Å². The Morgan fingerprint density at radius 3 is 2.50 bits per heavy atom. The van der Waals surface area contributed by atoms with Crippen LogP contribution in [-0.2, 0) is 17.6 Å². The standard InChI is InChI=1S/C11H11ClN2O2S2.C7H15N/c1-13-18(15)10-4-2-8(3-5-10)16-7-9-6-14-11(12)17-9;8-6-7-4-2-1-3-5-7/h2-6,13H,7H2,1H3;7H,1-6,8H2. The number of hydrogen-bond donors (Lipinski definition) is 2. The molecule has 1 heterocycles. The van der Waals surface area contributed by atoms with Crippen molar-refractivity contribution in [2.75, 3.05) is 13.6 Å². The van der Waals surface area contributed by atoms with Crippen LogP contribution in [-0.4, -0.2) is 22.8 Å². The molecule has 1 aliphatic rings. The van der Waals surface area contributed by atoms with Gasteiger partial charge in [-0.05, 0) is 56.6 Å². The Morgan fingerprint density at radius 2 is 2.00 bits per heavy atom. The van der Waals surface area contributed by atoms with Crippen molar-refractivity contribution in [2.45, 2.75) is 43.6 Å². The van der Waals surface area contributed by atoms with E-state index >= 15 is 0 Å². The normalized spacial score (nSPS) is 15.8. The van der Waals surface area contributed by atoms with Gasteiger partial charge in [0.2, 0.25) is 0 Å². The molecule has 0 bridgehead atoms. The molecule has 1 unspecified atom stereocenters. The van der Waals surface area contributed by atoms with Gasteiger partial charge in [0.15, 0.2) is 4.47 Å². The van der Waals surface area contributed by atoms with Gasteiger partial charge in [-0.1, -0.05) is 30.9 Å². The number of aromatic nitrogens is 1. The van der Waals surface area contributed by atoms with Gasteiger partial charge < -0.3 is 10.5 Å². The summed E-state index contributed by atoms with van der Waals surface area (Å²) in [6, 6.07) is 7.10. The predicted molar refractivity (Wildman–Crippen MR) is 109 cm³/mol. The maximum atomic E-state index is 11.4. The monoisotopic (exact) mass is 415 g/mol. The van der Waals surface area contributed by atoms with Gasteiger partial charge in [-0.2, -0.15) is 0 Å². The molecule has 0 radical (unpaired) electrons. The van der Waals surface area contributed by atoms with Crippen LogP contribution < -0.4 is 15.2 Å². The van der Waals surface area contributed by atoms with E-state index in [1.54, 1.807) is 37.5 Å². The van der Waals surface area contributed by atoms with E-state index in [0.29, 0.717) is 16.0 Å². The first kappa shape index (κ1) is 21.3. The number of benzene rings is 1. The molecule has 2 aromatic rings. The fourth-order valence-corrected chi connectivity index (χ4v) is 4.22. The third-order valence-electron chi connectivity index (χ3n) is 4.19. The minimum atomic E-state index is -1.17. The van der Waals surface area contributed by atoms with Crippen molar-refractivity contribution in [2.24, 2.45) is 11.7 Å². The number of hydrogen-bond acceptors (Lipinski definition) is 5. The Labute approximate surface area is 166 Å². The van der Waals surface area contributed by atoms with Gasteiger partial charge in [0.1, 0.15) is 23.3 Å². The second-order valence-electron chi connectivity index (χ2n) is 6.05. The summed E-state index contributed by atoms with van der Waals surface area (Å²) in [5.41, 5.74) is 5.50. The van der Waals surface area contributed by atoms with Crippen molar-refractivity contribution in [1.29, 1.82) is 0 Å². The van der Waals surface area contributed by atoms with Crippen LogP contribution in [0.5, 0.6) is 5.75 Å².